The van der Waals surface area contributed by atoms with E-state index >= 15 is 0 Å². The van der Waals surface area contributed by atoms with Crippen molar-refractivity contribution in [3.05, 3.63) is 143 Å². The minimum absolute atomic E-state index is 0. The Morgan fingerprint density at radius 1 is 0.643 bits per heavy atom. The van der Waals surface area contributed by atoms with Gasteiger partial charge in [0, 0.05) is 11.1 Å². The van der Waals surface area contributed by atoms with Crippen LogP contribution in [0.1, 0.15) is 40.7 Å². The van der Waals surface area contributed by atoms with Crippen molar-refractivity contribution < 1.29 is 77.4 Å². The van der Waals surface area contributed by atoms with Crippen LogP contribution in [-0.2, 0) is 38.6 Å². The van der Waals surface area contributed by atoms with E-state index in [2.05, 4.69) is 67.6 Å². The van der Waals surface area contributed by atoms with E-state index in [-0.39, 0.29) is 62.6 Å². The number of halogens is 8. The van der Waals surface area contributed by atoms with Gasteiger partial charge in [-0.05, 0) is 12.0 Å². The molecule has 0 saturated heterocycles. The van der Waals surface area contributed by atoms with Crippen LogP contribution in [-0.4, -0.2) is 0 Å². The molecule has 6 rings (SSSR count). The number of hydrogen-bond acceptors (Lipinski definition) is 0. The molecule has 0 aromatic heterocycles. The summed E-state index contributed by atoms with van der Waals surface area (Å²) in [4.78, 5) is 0. The molecule has 1 aliphatic rings. The molecule has 0 aliphatic heterocycles. The van der Waals surface area contributed by atoms with Crippen LogP contribution >= 0.6 is 0 Å². The third-order valence-corrected chi connectivity index (χ3v) is 6.75. The van der Waals surface area contributed by atoms with Gasteiger partial charge in [0.15, 0.2) is 0 Å². The minimum Gasteiger partial charge on any atom is -1.00 e. The zero-order valence-corrected chi connectivity index (χ0v) is 26.0. The fourth-order valence-electron chi connectivity index (χ4n) is 4.78. The molecule has 9 heteroatoms. The van der Waals surface area contributed by atoms with Crippen LogP contribution in [0.5, 0.6) is 0 Å². The maximum Gasteiger partial charge on any atom is 4.00 e. The van der Waals surface area contributed by atoms with Crippen molar-refractivity contribution in [1.29, 1.82) is 0 Å². The maximum absolute atomic E-state index is 12.9. The second-order valence-electron chi connectivity index (χ2n) is 9.38. The second-order valence-corrected chi connectivity index (χ2v) is 9.38. The van der Waals surface area contributed by atoms with Crippen molar-refractivity contribution >= 4 is 16.3 Å². The van der Waals surface area contributed by atoms with Crippen LogP contribution < -0.4 is 24.8 Å². The molecule has 0 bridgehead atoms. The second kappa shape index (κ2) is 14.2. The van der Waals surface area contributed by atoms with E-state index in [4.69, 9.17) is 0 Å². The average molecular weight is 695 g/mol. The fourth-order valence-corrected chi connectivity index (χ4v) is 4.78. The summed E-state index contributed by atoms with van der Waals surface area (Å²) < 4.78 is 77.3. The molecule has 0 N–H and O–H groups in total. The Bertz CT molecular complexity index is 1590. The zero-order chi connectivity index (χ0) is 27.8. The van der Waals surface area contributed by atoms with E-state index in [1.165, 1.54) is 22.3 Å². The summed E-state index contributed by atoms with van der Waals surface area (Å²) in [7, 11) is 0. The van der Waals surface area contributed by atoms with Gasteiger partial charge in [-0.1, -0.05) is 84.8 Å². The first-order valence-electron chi connectivity index (χ1n) is 12.2. The zero-order valence-electron chi connectivity index (χ0n) is 22.0. The Hall–Kier alpha value is -2.73. The number of fused-ring (bicyclic) bond motifs is 2. The van der Waals surface area contributed by atoms with Crippen molar-refractivity contribution in [2.75, 3.05) is 0 Å². The molecule has 0 saturated carbocycles. The van der Waals surface area contributed by atoms with Crippen LogP contribution in [0.4, 0.5) is 26.3 Å². The number of alkyl halides is 6. The SMILES string of the molecule is CC1C(c2ccccc2)=[C-]c2ccccc21.FC(F)(F)c1cc(-c2cc3ccccc3[cH-]2)cc(C(F)(F)F)c1.[Cl-].[Cl-].[Zr+4]. The van der Waals surface area contributed by atoms with Gasteiger partial charge < -0.3 is 24.8 Å². The molecule has 214 valence electrons. The van der Waals surface area contributed by atoms with Crippen LogP contribution in [0.15, 0.2) is 109 Å². The monoisotopic (exact) mass is 692 g/mol. The first-order valence-corrected chi connectivity index (χ1v) is 12.2. The van der Waals surface area contributed by atoms with Gasteiger partial charge in [0.1, 0.15) is 0 Å². The van der Waals surface area contributed by atoms with Gasteiger partial charge in [0.2, 0.25) is 0 Å². The largest absolute Gasteiger partial charge is 4.00 e. The smallest absolute Gasteiger partial charge is 1.00 e. The fraction of sp³-hybridized carbons (Fsp3) is 0.121. The average Bonchev–Trinajstić information content (AvgIpc) is 3.50. The van der Waals surface area contributed by atoms with Crippen molar-refractivity contribution in [3.63, 3.8) is 0 Å². The van der Waals surface area contributed by atoms with E-state index in [0.29, 0.717) is 11.5 Å². The van der Waals surface area contributed by atoms with Crippen molar-refractivity contribution in [1.82, 2.24) is 0 Å². The van der Waals surface area contributed by atoms with Gasteiger partial charge in [-0.2, -0.15) is 26.3 Å². The summed E-state index contributed by atoms with van der Waals surface area (Å²) in [6.45, 7) is 2.25. The van der Waals surface area contributed by atoms with E-state index < -0.39 is 23.5 Å². The Morgan fingerprint density at radius 3 is 1.76 bits per heavy atom. The summed E-state index contributed by atoms with van der Waals surface area (Å²) in [5.74, 6) is 0.457. The van der Waals surface area contributed by atoms with Gasteiger partial charge in [-0.3, -0.25) is 0 Å². The van der Waals surface area contributed by atoms with E-state index in [1.54, 1.807) is 36.4 Å². The first-order chi connectivity index (χ1) is 18.5. The van der Waals surface area contributed by atoms with Crippen LogP contribution in [0.25, 0.3) is 27.5 Å². The number of rotatable bonds is 2. The Kier molecular flexibility index (Phi) is 12.0. The Balaban J connectivity index is 0.000000288. The summed E-state index contributed by atoms with van der Waals surface area (Å²) in [5, 5.41) is 1.52. The van der Waals surface area contributed by atoms with Crippen molar-refractivity contribution in [2.45, 2.75) is 25.2 Å². The minimum atomic E-state index is -4.85. The van der Waals surface area contributed by atoms with E-state index in [9.17, 15) is 26.3 Å². The number of allylic oxidation sites excluding steroid dienone is 1. The quantitative estimate of drug-likeness (QED) is 0.191. The maximum atomic E-state index is 12.9. The summed E-state index contributed by atoms with van der Waals surface area (Å²) in [6, 6.07) is 30.8. The van der Waals surface area contributed by atoms with E-state index in [1.807, 2.05) is 0 Å². The topological polar surface area (TPSA) is 0 Å². The number of benzene rings is 4. The third-order valence-electron chi connectivity index (χ3n) is 6.75. The van der Waals surface area contributed by atoms with Gasteiger partial charge >= 0.3 is 38.6 Å². The van der Waals surface area contributed by atoms with Gasteiger partial charge in [0.05, 0.1) is 0 Å². The third kappa shape index (κ3) is 7.80. The number of hydrogen-bond donors (Lipinski definition) is 0. The van der Waals surface area contributed by atoms with E-state index in [0.717, 1.165) is 22.9 Å². The van der Waals surface area contributed by atoms with Crippen LogP contribution in [0, 0.1) is 6.08 Å². The summed E-state index contributed by atoms with van der Waals surface area (Å²) in [6.07, 6.45) is -6.17. The standard InChI is InChI=1S/C17H9F6.C16H13.2ClH.Zr/c18-16(19,20)14-7-13(8-15(9-14)17(21,22)23)12-5-10-3-1-2-4-11(10)6-12;1-12-15-10-6-5-9-14(15)11-16(12)13-7-3-2-4-8-13;;;/h1-9H;2-10,12H,1H3;2*1H;/q2*-1;;;+4/p-2. The molecular weight excluding hydrogens is 672 g/mol. The Morgan fingerprint density at radius 2 is 1.19 bits per heavy atom. The Labute approximate surface area is 271 Å². The molecule has 5 aromatic rings. The summed E-state index contributed by atoms with van der Waals surface area (Å²) in [5.41, 5.74) is 2.81. The molecule has 1 unspecified atom stereocenters. The van der Waals surface area contributed by atoms with Gasteiger partial charge in [-0.25, -0.2) is 0 Å². The molecule has 0 radical (unpaired) electrons. The van der Waals surface area contributed by atoms with Crippen LogP contribution in [0.3, 0.4) is 0 Å². The van der Waals surface area contributed by atoms with Gasteiger partial charge in [-0.15, -0.1) is 75.5 Å². The predicted octanol–water partition coefficient (Wildman–Crippen LogP) is 4.31. The molecule has 0 fully saturated rings. The summed E-state index contributed by atoms with van der Waals surface area (Å²) >= 11 is 0. The molecule has 0 amide bonds. The molecule has 0 spiro atoms. The predicted molar refractivity (Wildman–Crippen MR) is 142 cm³/mol. The molecule has 1 aliphatic carbocycles. The molecule has 0 heterocycles. The van der Waals surface area contributed by atoms with Crippen molar-refractivity contribution in [2.24, 2.45) is 0 Å². The normalized spacial score (nSPS) is 13.9. The van der Waals surface area contributed by atoms with Crippen LogP contribution in [0.2, 0.25) is 0 Å². The molecule has 42 heavy (non-hydrogen) atoms. The molecule has 0 nitrogen and oxygen atoms in total. The molecule has 5 aromatic carbocycles. The molecular formula is C33H22Cl2F6Zr. The first kappa shape index (κ1) is 35.5. The van der Waals surface area contributed by atoms with Gasteiger partial charge in [0.25, 0.3) is 0 Å². The molecule has 1 atom stereocenters. The van der Waals surface area contributed by atoms with Crippen molar-refractivity contribution in [3.8, 4) is 11.1 Å².